The largest absolute Gasteiger partial charge is 0.496 e. The number of benzene rings is 4. The minimum absolute atomic E-state index is 0.0268. The van der Waals surface area contributed by atoms with Crippen molar-refractivity contribution in [1.82, 2.24) is 0 Å². The standard InChI is InChI=1S/C30H29NO.C5H8/c1-19-26(18-31)22(16-17-28(19)32-4)20-12-14-21(15-13-20)23-9-7-10-25-24-8-5-6-11-27(24)30(2,3)29(23)25;1-3-5-4-2/h5-17H,18,31H2,1-4H3;3-5H,1H2,2H3/b;5-4-. The molecule has 0 unspecified atom stereocenters. The van der Waals surface area contributed by atoms with Gasteiger partial charge >= 0.3 is 0 Å². The van der Waals surface area contributed by atoms with Crippen LogP contribution in [-0.2, 0) is 12.0 Å². The van der Waals surface area contributed by atoms with E-state index < -0.39 is 0 Å². The lowest BCUT2D eigenvalue weighted by atomic mass is 9.79. The molecule has 0 spiro atoms. The number of fused-ring (bicyclic) bond motifs is 3. The Hall–Kier alpha value is -3.88. The zero-order chi connectivity index (χ0) is 26.6. The summed E-state index contributed by atoms with van der Waals surface area (Å²) in [5.41, 5.74) is 18.7. The maximum Gasteiger partial charge on any atom is 0.122 e. The molecule has 0 atom stereocenters. The first-order chi connectivity index (χ1) is 17.9. The van der Waals surface area contributed by atoms with Crippen LogP contribution >= 0.6 is 0 Å². The van der Waals surface area contributed by atoms with Crippen LogP contribution in [0.4, 0.5) is 0 Å². The summed E-state index contributed by atoms with van der Waals surface area (Å²) in [6, 6.07) is 28.5. The Morgan fingerprint density at radius 2 is 1.43 bits per heavy atom. The van der Waals surface area contributed by atoms with Crippen molar-refractivity contribution in [2.45, 2.75) is 39.7 Å². The van der Waals surface area contributed by atoms with E-state index in [0.29, 0.717) is 6.54 Å². The van der Waals surface area contributed by atoms with Crippen LogP contribution in [0.3, 0.4) is 0 Å². The fraction of sp³-hybridized carbons (Fsp3) is 0.200. The van der Waals surface area contributed by atoms with Crippen LogP contribution < -0.4 is 10.5 Å². The Labute approximate surface area is 222 Å². The van der Waals surface area contributed by atoms with Gasteiger partial charge in [0.2, 0.25) is 0 Å². The van der Waals surface area contributed by atoms with Crippen molar-refractivity contribution in [2.24, 2.45) is 5.73 Å². The highest BCUT2D eigenvalue weighted by molar-refractivity contribution is 5.88. The third kappa shape index (κ3) is 4.77. The van der Waals surface area contributed by atoms with Crippen LogP contribution in [0.5, 0.6) is 5.75 Å². The first-order valence-corrected chi connectivity index (χ1v) is 12.8. The van der Waals surface area contributed by atoms with Crippen molar-refractivity contribution in [3.05, 3.63) is 126 Å². The molecule has 0 amide bonds. The molecule has 37 heavy (non-hydrogen) atoms. The van der Waals surface area contributed by atoms with E-state index in [0.717, 1.165) is 16.9 Å². The number of allylic oxidation sites excluding steroid dienone is 3. The van der Waals surface area contributed by atoms with E-state index in [9.17, 15) is 0 Å². The molecular formula is C35H37NO. The highest BCUT2D eigenvalue weighted by atomic mass is 16.5. The zero-order valence-corrected chi connectivity index (χ0v) is 22.6. The molecule has 2 nitrogen and oxygen atoms in total. The van der Waals surface area contributed by atoms with E-state index in [-0.39, 0.29) is 5.41 Å². The molecule has 0 heterocycles. The van der Waals surface area contributed by atoms with Gasteiger partial charge in [0.1, 0.15) is 5.75 Å². The average molecular weight is 488 g/mol. The second-order valence-corrected chi connectivity index (χ2v) is 9.86. The Kier molecular flexibility index (Phi) is 7.80. The Morgan fingerprint density at radius 1 is 0.811 bits per heavy atom. The highest BCUT2D eigenvalue weighted by Crippen LogP contribution is 2.52. The van der Waals surface area contributed by atoms with Gasteiger partial charge in [-0.05, 0) is 75.5 Å². The van der Waals surface area contributed by atoms with Gasteiger partial charge in [-0.1, -0.05) is 111 Å². The third-order valence-electron chi connectivity index (χ3n) is 7.39. The van der Waals surface area contributed by atoms with Gasteiger partial charge in [-0.2, -0.15) is 0 Å². The molecule has 1 aliphatic carbocycles. The average Bonchev–Trinajstić information content (AvgIpc) is 3.16. The molecular weight excluding hydrogens is 450 g/mol. The Balaban J connectivity index is 0.000000586. The van der Waals surface area contributed by atoms with Crippen LogP contribution in [0, 0.1) is 6.92 Å². The molecule has 188 valence electrons. The second-order valence-electron chi connectivity index (χ2n) is 9.86. The summed E-state index contributed by atoms with van der Waals surface area (Å²) in [6.45, 7) is 12.7. The Morgan fingerprint density at radius 3 is 2.03 bits per heavy atom. The van der Waals surface area contributed by atoms with Crippen LogP contribution in [0.15, 0.2) is 104 Å². The molecule has 0 aromatic heterocycles. The summed E-state index contributed by atoms with van der Waals surface area (Å²) in [4.78, 5) is 0. The second kappa shape index (κ2) is 11.0. The fourth-order valence-electron chi connectivity index (χ4n) is 5.54. The van der Waals surface area contributed by atoms with Gasteiger partial charge in [-0.15, -0.1) is 0 Å². The maximum atomic E-state index is 6.11. The smallest absolute Gasteiger partial charge is 0.122 e. The summed E-state index contributed by atoms with van der Waals surface area (Å²) < 4.78 is 5.49. The van der Waals surface area contributed by atoms with Crippen molar-refractivity contribution < 1.29 is 4.74 Å². The summed E-state index contributed by atoms with van der Waals surface area (Å²) >= 11 is 0. The fourth-order valence-corrected chi connectivity index (χ4v) is 5.54. The molecule has 4 aromatic rings. The molecule has 2 heteroatoms. The molecule has 0 fully saturated rings. The molecule has 0 saturated carbocycles. The number of methoxy groups -OCH3 is 1. The lowest BCUT2D eigenvalue weighted by Gasteiger charge is -2.24. The minimum Gasteiger partial charge on any atom is -0.496 e. The summed E-state index contributed by atoms with van der Waals surface area (Å²) in [7, 11) is 1.70. The van der Waals surface area contributed by atoms with E-state index in [1.807, 2.05) is 25.1 Å². The normalized spacial score (nSPS) is 12.9. The Bertz CT molecular complexity index is 1440. The topological polar surface area (TPSA) is 35.2 Å². The molecule has 0 bridgehead atoms. The van der Waals surface area contributed by atoms with E-state index in [2.05, 4.69) is 100 Å². The first-order valence-electron chi connectivity index (χ1n) is 12.8. The lowest BCUT2D eigenvalue weighted by molar-refractivity contribution is 0.411. The van der Waals surface area contributed by atoms with Crippen molar-refractivity contribution in [1.29, 1.82) is 0 Å². The molecule has 0 aliphatic heterocycles. The van der Waals surface area contributed by atoms with Crippen molar-refractivity contribution >= 4 is 0 Å². The molecule has 5 rings (SSSR count). The van der Waals surface area contributed by atoms with Crippen LogP contribution in [-0.4, -0.2) is 7.11 Å². The van der Waals surface area contributed by atoms with Crippen LogP contribution in [0.1, 0.15) is 43.0 Å². The number of nitrogens with two attached hydrogens (primary N) is 1. The van der Waals surface area contributed by atoms with E-state index in [1.165, 1.54) is 44.5 Å². The zero-order valence-electron chi connectivity index (χ0n) is 22.6. The van der Waals surface area contributed by atoms with E-state index in [1.54, 1.807) is 13.2 Å². The van der Waals surface area contributed by atoms with Crippen molar-refractivity contribution in [3.63, 3.8) is 0 Å². The minimum atomic E-state index is -0.0268. The predicted octanol–water partition coefficient (Wildman–Crippen LogP) is 8.85. The van der Waals surface area contributed by atoms with Crippen molar-refractivity contribution in [3.8, 4) is 39.1 Å². The maximum absolute atomic E-state index is 6.11. The van der Waals surface area contributed by atoms with Gasteiger partial charge in [-0.3, -0.25) is 0 Å². The van der Waals surface area contributed by atoms with E-state index in [4.69, 9.17) is 10.5 Å². The first kappa shape index (κ1) is 26.2. The number of rotatable bonds is 5. The lowest BCUT2D eigenvalue weighted by Crippen LogP contribution is -2.16. The number of ether oxygens (including phenoxy) is 1. The molecule has 2 N–H and O–H groups in total. The van der Waals surface area contributed by atoms with Gasteiger partial charge in [0.25, 0.3) is 0 Å². The monoisotopic (exact) mass is 487 g/mol. The summed E-state index contributed by atoms with van der Waals surface area (Å²) in [6.07, 6.45) is 5.58. The van der Waals surface area contributed by atoms with Crippen LogP contribution in [0.2, 0.25) is 0 Å². The van der Waals surface area contributed by atoms with E-state index >= 15 is 0 Å². The molecule has 4 aromatic carbocycles. The van der Waals surface area contributed by atoms with Crippen LogP contribution in [0.25, 0.3) is 33.4 Å². The quantitative estimate of drug-likeness (QED) is 0.285. The highest BCUT2D eigenvalue weighted by Gasteiger charge is 2.37. The van der Waals surface area contributed by atoms with Gasteiger partial charge < -0.3 is 10.5 Å². The number of hydrogen-bond acceptors (Lipinski definition) is 2. The molecule has 0 radical (unpaired) electrons. The number of hydrogen-bond donors (Lipinski definition) is 1. The summed E-state index contributed by atoms with van der Waals surface area (Å²) in [5, 5.41) is 0. The van der Waals surface area contributed by atoms with Gasteiger partial charge in [0, 0.05) is 12.0 Å². The van der Waals surface area contributed by atoms with Gasteiger partial charge in [-0.25, -0.2) is 0 Å². The molecule has 0 saturated heterocycles. The summed E-state index contributed by atoms with van der Waals surface area (Å²) in [5.74, 6) is 0.882. The molecule has 1 aliphatic rings. The van der Waals surface area contributed by atoms with Gasteiger partial charge in [0.05, 0.1) is 7.11 Å². The van der Waals surface area contributed by atoms with Crippen molar-refractivity contribution in [2.75, 3.05) is 7.11 Å². The third-order valence-corrected chi connectivity index (χ3v) is 7.39. The SMILES string of the molecule is C=C/C=C\C.COc1ccc(-c2ccc(-c3cccc4c3C(C)(C)c3ccccc3-4)cc2)c(CN)c1C. The predicted molar refractivity (Wildman–Crippen MR) is 159 cm³/mol. The van der Waals surface area contributed by atoms with Gasteiger partial charge in [0.15, 0.2) is 0 Å².